The van der Waals surface area contributed by atoms with Gasteiger partial charge in [0.25, 0.3) is 5.91 Å². The maximum atomic E-state index is 13.8. The summed E-state index contributed by atoms with van der Waals surface area (Å²) in [5.74, 6) is -1.20. The van der Waals surface area contributed by atoms with Gasteiger partial charge in [-0.1, -0.05) is 46.9 Å². The van der Waals surface area contributed by atoms with Crippen molar-refractivity contribution in [2.24, 2.45) is 4.99 Å². The number of aromatic nitrogens is 1. The average molecular weight is 542 g/mol. The molecule has 2 aromatic carbocycles. The summed E-state index contributed by atoms with van der Waals surface area (Å²) in [6, 6.07) is 12.2. The molecule has 1 aromatic heterocycles. The highest BCUT2D eigenvalue weighted by molar-refractivity contribution is 6.36. The first-order chi connectivity index (χ1) is 16.5. The van der Waals surface area contributed by atoms with Crippen molar-refractivity contribution in [1.82, 2.24) is 9.88 Å². The Bertz CT molecular complexity index is 1300. The number of anilines is 1. The van der Waals surface area contributed by atoms with E-state index in [1.54, 1.807) is 36.4 Å². The highest BCUT2D eigenvalue weighted by atomic mass is 35.5. The van der Waals surface area contributed by atoms with Crippen molar-refractivity contribution < 1.29 is 18.0 Å². The van der Waals surface area contributed by atoms with E-state index < -0.39 is 29.2 Å². The molecule has 0 atom stereocenters. The van der Waals surface area contributed by atoms with Gasteiger partial charge >= 0.3 is 6.18 Å². The van der Waals surface area contributed by atoms with Crippen molar-refractivity contribution in [2.45, 2.75) is 19.0 Å². The number of nitrogen functional groups attached to an aromatic ring is 1. The van der Waals surface area contributed by atoms with E-state index in [2.05, 4.69) is 9.98 Å². The van der Waals surface area contributed by atoms with Gasteiger partial charge in [0, 0.05) is 34.3 Å². The lowest BCUT2D eigenvalue weighted by Gasteiger charge is -2.20. The molecule has 2 heterocycles. The minimum absolute atomic E-state index is 0.0499. The minimum atomic E-state index is -4.88. The maximum absolute atomic E-state index is 13.8. The molecule has 0 unspecified atom stereocenters. The first-order valence-corrected chi connectivity index (χ1v) is 11.6. The highest BCUT2D eigenvalue weighted by Crippen LogP contribution is 2.35. The molecule has 5 nitrogen and oxygen atoms in total. The third-order valence-electron chi connectivity index (χ3n) is 5.46. The quantitative estimate of drug-likeness (QED) is 0.360. The van der Waals surface area contributed by atoms with Crippen LogP contribution in [-0.4, -0.2) is 34.6 Å². The zero-order valence-corrected chi connectivity index (χ0v) is 20.3. The Labute approximate surface area is 214 Å². The number of pyridine rings is 1. The number of aliphatic imine (C=N–C) groups is 1. The molecule has 182 valence electrons. The van der Waals surface area contributed by atoms with Gasteiger partial charge < -0.3 is 10.6 Å². The molecule has 1 fully saturated rings. The van der Waals surface area contributed by atoms with Gasteiger partial charge in [-0.15, -0.1) is 0 Å². The maximum Gasteiger partial charge on any atom is 0.434 e. The fourth-order valence-corrected chi connectivity index (χ4v) is 4.34. The Morgan fingerprint density at radius 1 is 0.943 bits per heavy atom. The van der Waals surface area contributed by atoms with Crippen molar-refractivity contribution >= 4 is 57.9 Å². The number of benzene rings is 2. The lowest BCUT2D eigenvalue weighted by Crippen LogP contribution is -2.31. The van der Waals surface area contributed by atoms with E-state index in [1.807, 2.05) is 0 Å². The number of likely N-dealkylation sites (tertiary alicyclic amines) is 1. The zero-order chi connectivity index (χ0) is 25.3. The number of carbonyl (C=O) groups excluding carboxylic acids is 1. The number of carbonyl (C=O) groups is 1. The van der Waals surface area contributed by atoms with Crippen molar-refractivity contribution in [2.75, 3.05) is 18.8 Å². The largest absolute Gasteiger partial charge is 0.434 e. The molecule has 0 aliphatic carbocycles. The smallest absolute Gasteiger partial charge is 0.383 e. The number of nitrogens with two attached hydrogens (primary N) is 1. The summed E-state index contributed by atoms with van der Waals surface area (Å²) >= 11 is 18.3. The van der Waals surface area contributed by atoms with Crippen molar-refractivity contribution in [1.29, 1.82) is 0 Å². The average Bonchev–Trinajstić information content (AvgIpc) is 3.33. The molecule has 0 bridgehead atoms. The lowest BCUT2D eigenvalue weighted by molar-refractivity contribution is -0.141. The Morgan fingerprint density at radius 2 is 1.57 bits per heavy atom. The van der Waals surface area contributed by atoms with Crippen LogP contribution >= 0.6 is 34.8 Å². The molecule has 3 aromatic rings. The summed E-state index contributed by atoms with van der Waals surface area (Å²) < 4.78 is 41.5. The fraction of sp³-hybridized carbons (Fsp3) is 0.208. The summed E-state index contributed by atoms with van der Waals surface area (Å²) in [6.45, 7) is 0.739. The molecule has 0 saturated carbocycles. The van der Waals surface area contributed by atoms with E-state index in [4.69, 9.17) is 40.5 Å². The fourth-order valence-electron chi connectivity index (χ4n) is 3.77. The predicted octanol–water partition coefficient (Wildman–Crippen LogP) is 7.05. The van der Waals surface area contributed by atoms with Crippen LogP contribution in [0.2, 0.25) is 15.1 Å². The van der Waals surface area contributed by atoms with Gasteiger partial charge in [-0.3, -0.25) is 4.79 Å². The van der Waals surface area contributed by atoms with E-state index >= 15 is 0 Å². The summed E-state index contributed by atoms with van der Waals surface area (Å²) in [5, 5.41) is 1.05. The van der Waals surface area contributed by atoms with Gasteiger partial charge in [0.05, 0.1) is 22.0 Å². The van der Waals surface area contributed by atoms with E-state index in [1.165, 1.54) is 11.0 Å². The van der Waals surface area contributed by atoms with Crippen molar-refractivity contribution in [3.8, 4) is 0 Å². The molecular weight excluding hydrogens is 524 g/mol. The Hall–Kier alpha value is -2.81. The Kier molecular flexibility index (Phi) is 7.26. The number of rotatable bonds is 4. The van der Waals surface area contributed by atoms with E-state index in [0.29, 0.717) is 34.4 Å². The van der Waals surface area contributed by atoms with Gasteiger partial charge in [0.2, 0.25) is 0 Å². The number of alkyl halides is 3. The minimum Gasteiger partial charge on any atom is -0.383 e. The van der Waals surface area contributed by atoms with E-state index in [0.717, 1.165) is 18.9 Å². The van der Waals surface area contributed by atoms with Crippen LogP contribution in [0.15, 0.2) is 53.5 Å². The molecule has 0 radical (unpaired) electrons. The molecule has 0 spiro atoms. The summed E-state index contributed by atoms with van der Waals surface area (Å²) in [5.41, 5.74) is 5.10. The highest BCUT2D eigenvalue weighted by Gasteiger charge is 2.40. The molecule has 1 aliphatic rings. The lowest BCUT2D eigenvalue weighted by atomic mass is 9.99. The van der Waals surface area contributed by atoms with Crippen LogP contribution in [0, 0.1) is 0 Å². The Balaban J connectivity index is 1.96. The van der Waals surface area contributed by atoms with Crippen molar-refractivity contribution in [3.05, 3.63) is 86.0 Å². The number of hydrogen-bond acceptors (Lipinski definition) is 4. The van der Waals surface area contributed by atoms with Crippen LogP contribution in [-0.2, 0) is 6.18 Å². The molecular formula is C24H18Cl3F3N4O. The summed E-state index contributed by atoms with van der Waals surface area (Å²) in [4.78, 5) is 22.7. The second-order valence-corrected chi connectivity index (χ2v) is 9.16. The number of nitrogens with zero attached hydrogens (tertiary/aromatic N) is 3. The second kappa shape index (κ2) is 10.0. The summed E-state index contributed by atoms with van der Waals surface area (Å²) in [6.07, 6.45) is -3.45. The molecule has 2 N–H and O–H groups in total. The SMILES string of the molecule is Nc1nc(C(F)(F)F)c(C(=O)N2CCCC2)cc1C(=Nc1ccc(Cl)cc1Cl)c1ccc(Cl)cc1. The molecule has 4 rings (SSSR count). The van der Waals surface area contributed by atoms with E-state index in [-0.39, 0.29) is 16.3 Å². The normalized spacial score (nSPS) is 14.5. The number of amides is 1. The van der Waals surface area contributed by atoms with Crippen LogP contribution in [0.25, 0.3) is 0 Å². The topological polar surface area (TPSA) is 71.6 Å². The molecule has 1 saturated heterocycles. The van der Waals surface area contributed by atoms with Crippen LogP contribution in [0.1, 0.15) is 40.0 Å². The monoisotopic (exact) mass is 540 g/mol. The van der Waals surface area contributed by atoms with Crippen molar-refractivity contribution in [3.63, 3.8) is 0 Å². The Morgan fingerprint density at radius 3 is 2.17 bits per heavy atom. The van der Waals surface area contributed by atoms with Gasteiger partial charge in [-0.2, -0.15) is 13.2 Å². The molecule has 35 heavy (non-hydrogen) atoms. The van der Waals surface area contributed by atoms with Crippen LogP contribution < -0.4 is 5.73 Å². The molecule has 11 heteroatoms. The van der Waals surface area contributed by atoms with Crippen LogP contribution in [0.4, 0.5) is 24.7 Å². The van der Waals surface area contributed by atoms with Gasteiger partial charge in [-0.25, -0.2) is 9.98 Å². The van der Waals surface area contributed by atoms with Gasteiger partial charge in [0.1, 0.15) is 5.82 Å². The van der Waals surface area contributed by atoms with Crippen LogP contribution in [0.5, 0.6) is 0 Å². The third kappa shape index (κ3) is 5.55. The van der Waals surface area contributed by atoms with Crippen LogP contribution in [0.3, 0.4) is 0 Å². The number of hydrogen-bond donors (Lipinski definition) is 1. The second-order valence-electron chi connectivity index (χ2n) is 7.88. The first kappa shape index (κ1) is 25.3. The standard InChI is InChI=1S/C24H18Cl3F3N4O/c25-14-5-3-13(4-6-14)20(32-19-8-7-15(26)11-18(19)27)16-12-17(23(35)34-9-1-2-10-34)21(24(28,29)30)33-22(16)31/h3-8,11-12H,1-2,9-10H2,(H2,31,33). The molecule has 1 amide bonds. The zero-order valence-electron chi connectivity index (χ0n) is 18.0. The predicted molar refractivity (Wildman–Crippen MR) is 132 cm³/mol. The van der Waals surface area contributed by atoms with Gasteiger partial charge in [-0.05, 0) is 49.2 Å². The molecule has 1 aliphatic heterocycles. The first-order valence-electron chi connectivity index (χ1n) is 10.5. The third-order valence-corrected chi connectivity index (χ3v) is 6.25. The summed E-state index contributed by atoms with van der Waals surface area (Å²) in [7, 11) is 0. The van der Waals surface area contributed by atoms with Gasteiger partial charge in [0.15, 0.2) is 5.69 Å². The number of halogens is 6. The van der Waals surface area contributed by atoms with E-state index in [9.17, 15) is 18.0 Å².